The molecule has 3 aromatic rings. The van der Waals surface area contributed by atoms with E-state index in [1.807, 2.05) is 60.4 Å². The number of carbonyl (C=O) groups is 1. The second-order valence-corrected chi connectivity index (χ2v) is 7.10. The average molecular weight is 377 g/mol. The Balaban J connectivity index is 1.49. The summed E-state index contributed by atoms with van der Waals surface area (Å²) in [4.78, 5) is 19.3. The van der Waals surface area contributed by atoms with Gasteiger partial charge in [0.1, 0.15) is 11.8 Å². The predicted molar refractivity (Wildman–Crippen MR) is 105 cm³/mol. The van der Waals surface area contributed by atoms with Gasteiger partial charge in [0.05, 0.1) is 13.5 Å². The number of aromatic nitrogens is 2. The lowest BCUT2D eigenvalue weighted by Gasteiger charge is -2.22. The zero-order valence-corrected chi connectivity index (χ0v) is 16.1. The molecule has 0 unspecified atom stereocenters. The Morgan fingerprint density at radius 2 is 2.07 bits per heavy atom. The van der Waals surface area contributed by atoms with Crippen molar-refractivity contribution in [3.8, 4) is 17.1 Å². The van der Waals surface area contributed by atoms with E-state index in [-0.39, 0.29) is 11.9 Å². The summed E-state index contributed by atoms with van der Waals surface area (Å²) in [5.74, 6) is 1.93. The topological polar surface area (TPSA) is 68.5 Å². The van der Waals surface area contributed by atoms with Crippen LogP contribution in [0.2, 0.25) is 0 Å². The van der Waals surface area contributed by atoms with Gasteiger partial charge in [0.25, 0.3) is 0 Å². The van der Waals surface area contributed by atoms with Crippen molar-refractivity contribution in [1.29, 1.82) is 0 Å². The van der Waals surface area contributed by atoms with Crippen LogP contribution in [0.1, 0.15) is 35.9 Å². The summed E-state index contributed by atoms with van der Waals surface area (Å²) >= 11 is 0. The largest absolute Gasteiger partial charge is 0.497 e. The number of hydrogen-bond acceptors (Lipinski definition) is 5. The van der Waals surface area contributed by atoms with E-state index in [0.717, 1.165) is 35.3 Å². The number of benzene rings is 2. The third-order valence-corrected chi connectivity index (χ3v) is 5.09. The van der Waals surface area contributed by atoms with E-state index in [0.29, 0.717) is 24.7 Å². The molecule has 6 heteroatoms. The molecular weight excluding hydrogens is 354 g/mol. The maximum absolute atomic E-state index is 12.9. The molecule has 0 radical (unpaired) electrons. The number of likely N-dealkylation sites (tertiary alicyclic amines) is 1. The highest BCUT2D eigenvalue weighted by Crippen LogP contribution is 2.32. The normalized spacial score (nSPS) is 16.4. The van der Waals surface area contributed by atoms with Gasteiger partial charge in [0.2, 0.25) is 17.6 Å². The van der Waals surface area contributed by atoms with Crippen LogP contribution in [0.5, 0.6) is 5.75 Å². The predicted octanol–water partition coefficient (Wildman–Crippen LogP) is 3.96. The maximum Gasteiger partial charge on any atom is 0.249 e. The first-order valence-corrected chi connectivity index (χ1v) is 9.47. The summed E-state index contributed by atoms with van der Waals surface area (Å²) in [5, 5.41) is 4.13. The molecule has 0 N–H and O–H groups in total. The van der Waals surface area contributed by atoms with Crippen molar-refractivity contribution >= 4 is 5.91 Å². The van der Waals surface area contributed by atoms with E-state index in [9.17, 15) is 4.79 Å². The van der Waals surface area contributed by atoms with Crippen LogP contribution in [0.4, 0.5) is 0 Å². The van der Waals surface area contributed by atoms with Crippen molar-refractivity contribution in [3.63, 3.8) is 0 Å². The van der Waals surface area contributed by atoms with Crippen LogP contribution in [0.15, 0.2) is 53.1 Å². The molecule has 0 aliphatic carbocycles. The van der Waals surface area contributed by atoms with Crippen LogP contribution in [-0.2, 0) is 11.2 Å². The minimum Gasteiger partial charge on any atom is -0.497 e. The summed E-state index contributed by atoms with van der Waals surface area (Å²) in [6.45, 7) is 2.74. The SMILES string of the molecule is COc1ccc(CC(=O)N2CCC[C@@H]2c2nc(-c3cccc(C)c3)no2)cc1. The molecular formula is C22H23N3O3. The molecule has 1 fully saturated rings. The molecule has 2 heterocycles. The van der Waals surface area contributed by atoms with Crippen molar-refractivity contribution in [1.82, 2.24) is 15.0 Å². The highest BCUT2D eigenvalue weighted by atomic mass is 16.5. The Kier molecular flexibility index (Phi) is 5.10. The van der Waals surface area contributed by atoms with E-state index >= 15 is 0 Å². The van der Waals surface area contributed by atoms with Gasteiger partial charge in [-0.1, -0.05) is 41.1 Å². The fourth-order valence-corrected chi connectivity index (χ4v) is 3.61. The van der Waals surface area contributed by atoms with Gasteiger partial charge in [0.15, 0.2) is 0 Å². The molecule has 1 aliphatic rings. The Morgan fingerprint density at radius 1 is 1.25 bits per heavy atom. The Labute approximate surface area is 164 Å². The van der Waals surface area contributed by atoms with Crippen LogP contribution in [0, 0.1) is 6.92 Å². The third-order valence-electron chi connectivity index (χ3n) is 5.09. The van der Waals surface area contributed by atoms with E-state index < -0.39 is 0 Å². The molecule has 6 nitrogen and oxygen atoms in total. The molecule has 1 aromatic heterocycles. The second kappa shape index (κ2) is 7.84. The Bertz CT molecular complexity index is 965. The van der Waals surface area contributed by atoms with Crippen molar-refractivity contribution < 1.29 is 14.1 Å². The molecule has 1 atom stereocenters. The number of hydrogen-bond donors (Lipinski definition) is 0. The fourth-order valence-electron chi connectivity index (χ4n) is 3.61. The third kappa shape index (κ3) is 3.76. The second-order valence-electron chi connectivity index (χ2n) is 7.10. The molecule has 1 saturated heterocycles. The summed E-state index contributed by atoms with van der Waals surface area (Å²) in [5.41, 5.74) is 3.02. The summed E-state index contributed by atoms with van der Waals surface area (Å²) < 4.78 is 10.7. The number of aryl methyl sites for hydroxylation is 1. The summed E-state index contributed by atoms with van der Waals surface area (Å²) in [6.07, 6.45) is 2.12. The van der Waals surface area contributed by atoms with Gasteiger partial charge in [-0.15, -0.1) is 0 Å². The molecule has 2 aromatic carbocycles. The van der Waals surface area contributed by atoms with Crippen molar-refractivity contribution in [2.45, 2.75) is 32.2 Å². The minimum absolute atomic E-state index is 0.0722. The molecule has 0 saturated carbocycles. The number of ether oxygens (including phenoxy) is 1. The van der Waals surface area contributed by atoms with Gasteiger partial charge in [-0.25, -0.2) is 0 Å². The zero-order valence-electron chi connectivity index (χ0n) is 16.1. The Morgan fingerprint density at radius 3 is 2.82 bits per heavy atom. The van der Waals surface area contributed by atoms with E-state index in [1.165, 1.54) is 0 Å². The Hall–Kier alpha value is -3.15. The maximum atomic E-state index is 12.9. The van der Waals surface area contributed by atoms with Crippen LogP contribution in [0.3, 0.4) is 0 Å². The molecule has 1 aliphatic heterocycles. The van der Waals surface area contributed by atoms with Gasteiger partial charge >= 0.3 is 0 Å². The number of nitrogens with zero attached hydrogens (tertiary/aromatic N) is 3. The van der Waals surface area contributed by atoms with Crippen molar-refractivity contribution in [3.05, 3.63) is 65.5 Å². The quantitative estimate of drug-likeness (QED) is 0.673. The van der Waals surface area contributed by atoms with E-state index in [2.05, 4.69) is 10.1 Å². The first-order chi connectivity index (χ1) is 13.6. The lowest BCUT2D eigenvalue weighted by atomic mass is 10.1. The number of amides is 1. The molecule has 28 heavy (non-hydrogen) atoms. The number of rotatable bonds is 5. The molecule has 4 rings (SSSR count). The average Bonchev–Trinajstić information content (AvgIpc) is 3.38. The zero-order chi connectivity index (χ0) is 19.5. The van der Waals surface area contributed by atoms with E-state index in [4.69, 9.17) is 9.26 Å². The highest BCUT2D eigenvalue weighted by Gasteiger charge is 2.34. The first kappa shape index (κ1) is 18.2. The standard InChI is InChI=1S/C22H23N3O3/c1-15-5-3-6-17(13-15)21-23-22(28-24-21)19-7-4-12-25(19)20(26)14-16-8-10-18(27-2)11-9-16/h3,5-6,8-11,13,19H,4,7,12,14H2,1-2H3/t19-/m1/s1. The van der Waals surface area contributed by atoms with Crippen LogP contribution < -0.4 is 4.74 Å². The summed E-state index contributed by atoms with van der Waals surface area (Å²) in [6, 6.07) is 15.4. The molecule has 0 bridgehead atoms. The van der Waals surface area contributed by atoms with Gasteiger partial charge in [-0.2, -0.15) is 4.98 Å². The van der Waals surface area contributed by atoms with Gasteiger partial charge in [0, 0.05) is 12.1 Å². The number of methoxy groups -OCH3 is 1. The fraction of sp³-hybridized carbons (Fsp3) is 0.318. The molecule has 0 spiro atoms. The monoisotopic (exact) mass is 377 g/mol. The summed E-state index contributed by atoms with van der Waals surface area (Å²) in [7, 11) is 1.63. The minimum atomic E-state index is -0.156. The highest BCUT2D eigenvalue weighted by molar-refractivity contribution is 5.79. The van der Waals surface area contributed by atoms with Gasteiger partial charge < -0.3 is 14.2 Å². The van der Waals surface area contributed by atoms with Crippen molar-refractivity contribution in [2.24, 2.45) is 0 Å². The lowest BCUT2D eigenvalue weighted by Crippen LogP contribution is -2.32. The van der Waals surface area contributed by atoms with Gasteiger partial charge in [-0.05, 0) is 43.5 Å². The number of carbonyl (C=O) groups excluding carboxylic acids is 1. The van der Waals surface area contributed by atoms with Crippen LogP contribution in [-0.4, -0.2) is 34.6 Å². The van der Waals surface area contributed by atoms with E-state index in [1.54, 1.807) is 7.11 Å². The first-order valence-electron chi connectivity index (χ1n) is 9.47. The van der Waals surface area contributed by atoms with Gasteiger partial charge in [-0.3, -0.25) is 4.79 Å². The van der Waals surface area contributed by atoms with Crippen LogP contribution >= 0.6 is 0 Å². The van der Waals surface area contributed by atoms with Crippen LogP contribution in [0.25, 0.3) is 11.4 Å². The molecule has 1 amide bonds. The van der Waals surface area contributed by atoms with Crippen molar-refractivity contribution in [2.75, 3.05) is 13.7 Å². The smallest absolute Gasteiger partial charge is 0.249 e. The lowest BCUT2D eigenvalue weighted by molar-refractivity contribution is -0.131. The molecule has 144 valence electrons.